The lowest BCUT2D eigenvalue weighted by Gasteiger charge is -2.42. The van der Waals surface area contributed by atoms with Gasteiger partial charge in [-0.05, 0) is 45.1 Å². The van der Waals surface area contributed by atoms with E-state index in [0.29, 0.717) is 5.92 Å². The van der Waals surface area contributed by atoms with Gasteiger partial charge in [-0.1, -0.05) is 19.3 Å². The van der Waals surface area contributed by atoms with E-state index in [9.17, 15) is 5.11 Å². The third-order valence-corrected chi connectivity index (χ3v) is 6.29. The van der Waals surface area contributed by atoms with Gasteiger partial charge in [0.15, 0.2) is 0 Å². The van der Waals surface area contributed by atoms with E-state index in [0.717, 1.165) is 45.5 Å². The van der Waals surface area contributed by atoms with Crippen LogP contribution in [0.1, 0.15) is 75.0 Å². The van der Waals surface area contributed by atoms with Crippen molar-refractivity contribution in [1.82, 2.24) is 15.1 Å². The minimum Gasteiger partial charge on any atom is -0.396 e. The normalized spacial score (nSPS) is 26.2. The molecule has 1 atom stereocenters. The average Bonchev–Trinajstić information content (AvgIpc) is 3.11. The fourth-order valence-corrected chi connectivity index (χ4v) is 4.88. The monoisotopic (exact) mass is 349 g/mol. The molecule has 2 fully saturated rings. The van der Waals surface area contributed by atoms with Crippen LogP contribution in [0.4, 0.5) is 0 Å². The predicted molar refractivity (Wildman–Crippen MR) is 99.6 cm³/mol. The first-order valence-electron chi connectivity index (χ1n) is 10.1. The maximum atomic E-state index is 10.1. The molecular weight excluding hydrogens is 314 g/mol. The third kappa shape index (κ3) is 4.83. The number of piperidine rings is 1. The average molecular weight is 350 g/mol. The van der Waals surface area contributed by atoms with E-state index < -0.39 is 0 Å². The SMILES string of the molecule is COCCC[C@]1(CO)CCCN(Cc2cn[nH]c2C2CCCCC2)C1. The van der Waals surface area contributed by atoms with Gasteiger partial charge >= 0.3 is 0 Å². The highest BCUT2D eigenvalue weighted by atomic mass is 16.5. The minimum absolute atomic E-state index is 0.0471. The smallest absolute Gasteiger partial charge is 0.0535 e. The van der Waals surface area contributed by atoms with Gasteiger partial charge in [0.05, 0.1) is 6.20 Å². The topological polar surface area (TPSA) is 61.4 Å². The van der Waals surface area contributed by atoms with E-state index in [-0.39, 0.29) is 12.0 Å². The Morgan fingerprint density at radius 2 is 2.16 bits per heavy atom. The highest BCUT2D eigenvalue weighted by Gasteiger charge is 2.35. The molecule has 5 heteroatoms. The van der Waals surface area contributed by atoms with Crippen LogP contribution in [0.5, 0.6) is 0 Å². The van der Waals surface area contributed by atoms with Crippen LogP contribution in [0.3, 0.4) is 0 Å². The number of nitrogens with one attached hydrogen (secondary N) is 1. The predicted octanol–water partition coefficient (Wildman–Crippen LogP) is 3.46. The molecule has 5 nitrogen and oxygen atoms in total. The molecular formula is C20H35N3O2. The molecule has 1 aliphatic heterocycles. The molecule has 25 heavy (non-hydrogen) atoms. The molecule has 142 valence electrons. The molecule has 0 aromatic carbocycles. The number of hydrogen-bond acceptors (Lipinski definition) is 4. The number of hydrogen-bond donors (Lipinski definition) is 2. The summed E-state index contributed by atoms with van der Waals surface area (Å²) in [5.74, 6) is 0.667. The first-order valence-corrected chi connectivity index (χ1v) is 10.1. The van der Waals surface area contributed by atoms with E-state index in [4.69, 9.17) is 4.74 Å². The Labute approximate surface area is 152 Å². The Bertz CT molecular complexity index is 513. The first-order chi connectivity index (χ1) is 12.3. The fraction of sp³-hybridized carbons (Fsp3) is 0.850. The lowest BCUT2D eigenvalue weighted by molar-refractivity contribution is 0.0157. The molecule has 3 rings (SSSR count). The summed E-state index contributed by atoms with van der Waals surface area (Å²) in [5, 5.41) is 17.7. The maximum absolute atomic E-state index is 10.1. The summed E-state index contributed by atoms with van der Waals surface area (Å²) in [7, 11) is 1.75. The van der Waals surface area contributed by atoms with Gasteiger partial charge in [-0.25, -0.2) is 0 Å². The van der Waals surface area contributed by atoms with E-state index >= 15 is 0 Å². The molecule has 0 bridgehead atoms. The zero-order chi connectivity index (χ0) is 17.5. The van der Waals surface area contributed by atoms with Gasteiger partial charge in [0.2, 0.25) is 0 Å². The summed E-state index contributed by atoms with van der Waals surface area (Å²) in [5.41, 5.74) is 2.79. The van der Waals surface area contributed by atoms with Crippen molar-refractivity contribution < 1.29 is 9.84 Å². The Morgan fingerprint density at radius 3 is 2.92 bits per heavy atom. The second kappa shape index (κ2) is 9.15. The van der Waals surface area contributed by atoms with Gasteiger partial charge in [-0.3, -0.25) is 10.00 Å². The van der Waals surface area contributed by atoms with Crippen molar-refractivity contribution in [3.05, 3.63) is 17.5 Å². The van der Waals surface area contributed by atoms with E-state index in [2.05, 4.69) is 15.1 Å². The largest absolute Gasteiger partial charge is 0.396 e. The van der Waals surface area contributed by atoms with Gasteiger partial charge in [0.25, 0.3) is 0 Å². The third-order valence-electron chi connectivity index (χ3n) is 6.29. The molecule has 0 unspecified atom stereocenters. The second-order valence-electron chi connectivity index (χ2n) is 8.21. The van der Waals surface area contributed by atoms with E-state index in [1.54, 1.807) is 7.11 Å². The fourth-order valence-electron chi connectivity index (χ4n) is 4.88. The lowest BCUT2D eigenvalue weighted by Crippen LogP contribution is -2.45. The molecule has 2 heterocycles. The zero-order valence-corrected chi connectivity index (χ0v) is 15.8. The van der Waals surface area contributed by atoms with Crippen molar-refractivity contribution in [2.45, 2.75) is 70.3 Å². The molecule has 2 aliphatic rings. The molecule has 1 saturated carbocycles. The van der Waals surface area contributed by atoms with Crippen LogP contribution < -0.4 is 0 Å². The second-order valence-corrected chi connectivity index (χ2v) is 8.21. The van der Waals surface area contributed by atoms with Crippen LogP contribution in [0.15, 0.2) is 6.20 Å². The number of H-pyrrole nitrogens is 1. The van der Waals surface area contributed by atoms with Crippen LogP contribution in [0.25, 0.3) is 0 Å². The minimum atomic E-state index is 0.0471. The summed E-state index contributed by atoms with van der Waals surface area (Å²) < 4.78 is 5.21. The molecule has 1 aromatic heterocycles. The van der Waals surface area contributed by atoms with Crippen molar-refractivity contribution >= 4 is 0 Å². The number of rotatable bonds is 8. The van der Waals surface area contributed by atoms with E-state index in [1.807, 2.05) is 6.20 Å². The van der Waals surface area contributed by atoms with Crippen LogP contribution in [0.2, 0.25) is 0 Å². The summed E-state index contributed by atoms with van der Waals surface area (Å²) in [4.78, 5) is 2.53. The Kier molecular flexibility index (Phi) is 6.91. The number of aliphatic hydroxyl groups excluding tert-OH is 1. The van der Waals surface area contributed by atoms with Crippen molar-refractivity contribution in [3.63, 3.8) is 0 Å². The van der Waals surface area contributed by atoms with Gasteiger partial charge in [-0.2, -0.15) is 5.10 Å². The number of aromatic amines is 1. The van der Waals surface area contributed by atoms with Crippen LogP contribution in [-0.4, -0.2) is 53.6 Å². The maximum Gasteiger partial charge on any atom is 0.0535 e. The van der Waals surface area contributed by atoms with Crippen molar-refractivity contribution in [2.75, 3.05) is 33.4 Å². The quantitative estimate of drug-likeness (QED) is 0.706. The summed E-state index contributed by atoms with van der Waals surface area (Å²) in [6.07, 6.45) is 13.1. The Hall–Kier alpha value is -0.910. The molecule has 2 N–H and O–H groups in total. The van der Waals surface area contributed by atoms with Gasteiger partial charge in [0, 0.05) is 56.0 Å². The molecule has 1 saturated heterocycles. The highest BCUT2D eigenvalue weighted by molar-refractivity contribution is 5.21. The summed E-state index contributed by atoms with van der Waals surface area (Å²) in [6.45, 7) is 4.15. The van der Waals surface area contributed by atoms with Crippen LogP contribution in [0, 0.1) is 5.41 Å². The number of methoxy groups -OCH3 is 1. The van der Waals surface area contributed by atoms with Crippen LogP contribution >= 0.6 is 0 Å². The van der Waals surface area contributed by atoms with Crippen molar-refractivity contribution in [3.8, 4) is 0 Å². The van der Waals surface area contributed by atoms with Crippen LogP contribution in [-0.2, 0) is 11.3 Å². The summed E-state index contributed by atoms with van der Waals surface area (Å²) >= 11 is 0. The highest BCUT2D eigenvalue weighted by Crippen LogP contribution is 2.37. The van der Waals surface area contributed by atoms with Crippen molar-refractivity contribution in [1.29, 1.82) is 0 Å². The summed E-state index contributed by atoms with van der Waals surface area (Å²) in [6, 6.07) is 0. The standard InChI is InChI=1S/C20H35N3O2/c1-25-12-6-10-20(16-24)9-5-11-23(15-20)14-18-13-21-22-19(18)17-7-3-2-4-8-17/h13,17,24H,2-12,14-16H2,1H3,(H,21,22)/t20-/m1/s1. The lowest BCUT2D eigenvalue weighted by atomic mass is 9.76. The number of aliphatic hydroxyl groups is 1. The molecule has 0 spiro atoms. The number of aromatic nitrogens is 2. The molecule has 0 radical (unpaired) electrons. The Balaban J connectivity index is 1.61. The Morgan fingerprint density at radius 1 is 1.32 bits per heavy atom. The molecule has 1 aromatic rings. The number of likely N-dealkylation sites (tertiary alicyclic amines) is 1. The van der Waals surface area contributed by atoms with Gasteiger partial charge in [0.1, 0.15) is 0 Å². The first kappa shape index (κ1) is 18.9. The number of nitrogens with zero attached hydrogens (tertiary/aromatic N) is 2. The van der Waals surface area contributed by atoms with Crippen molar-refractivity contribution in [2.24, 2.45) is 5.41 Å². The van der Waals surface area contributed by atoms with Gasteiger partial charge < -0.3 is 9.84 Å². The zero-order valence-electron chi connectivity index (χ0n) is 15.8. The van der Waals surface area contributed by atoms with E-state index in [1.165, 1.54) is 49.8 Å². The molecule has 0 amide bonds. The number of ether oxygens (including phenoxy) is 1. The molecule has 1 aliphatic carbocycles. The van der Waals surface area contributed by atoms with Gasteiger partial charge in [-0.15, -0.1) is 0 Å².